The van der Waals surface area contributed by atoms with Gasteiger partial charge in [-0.1, -0.05) is 19.9 Å². The average Bonchev–Trinajstić information content (AvgIpc) is 2.69. The summed E-state index contributed by atoms with van der Waals surface area (Å²) < 4.78 is 28.8. The molecule has 0 spiro atoms. The molecule has 0 aliphatic carbocycles. The zero-order chi connectivity index (χ0) is 20.1. The maximum atomic E-state index is 12.8. The molecule has 8 heteroatoms. The van der Waals surface area contributed by atoms with Crippen molar-refractivity contribution in [1.29, 1.82) is 0 Å². The largest absolute Gasteiger partial charge is 0.339 e. The van der Waals surface area contributed by atoms with Crippen LogP contribution in [0.5, 0.6) is 0 Å². The van der Waals surface area contributed by atoms with Gasteiger partial charge in [-0.2, -0.15) is 17.0 Å². The lowest BCUT2D eigenvalue weighted by Crippen LogP contribution is -2.47. The maximum absolute atomic E-state index is 12.8. The van der Waals surface area contributed by atoms with Crippen LogP contribution in [0.1, 0.15) is 44.0 Å². The zero-order valence-electron chi connectivity index (χ0n) is 16.8. The Bertz CT molecular complexity index is 882. The summed E-state index contributed by atoms with van der Waals surface area (Å²) >= 11 is 0. The lowest BCUT2D eigenvalue weighted by molar-refractivity contribution is 0.285. The number of hydrogen-bond acceptors (Lipinski definition) is 5. The summed E-state index contributed by atoms with van der Waals surface area (Å²) in [6, 6.07) is 9.78. The first kappa shape index (κ1) is 20.7. The number of piperidine rings is 1. The van der Waals surface area contributed by atoms with Crippen molar-refractivity contribution in [3.05, 3.63) is 47.9 Å². The van der Waals surface area contributed by atoms with Crippen LogP contribution >= 0.6 is 0 Å². The van der Waals surface area contributed by atoms with Crippen LogP contribution in [0.2, 0.25) is 0 Å². The molecule has 1 fully saturated rings. The molecular weight excluding hydrogens is 374 g/mol. The summed E-state index contributed by atoms with van der Waals surface area (Å²) in [6.45, 7) is 7.74. The molecule has 2 aromatic rings. The summed E-state index contributed by atoms with van der Waals surface area (Å²) in [5.41, 5.74) is 2.75. The van der Waals surface area contributed by atoms with Gasteiger partial charge in [0.05, 0.1) is 11.9 Å². The van der Waals surface area contributed by atoms with Gasteiger partial charge in [0.1, 0.15) is 5.82 Å². The zero-order valence-corrected chi connectivity index (χ0v) is 17.6. The first-order chi connectivity index (χ1) is 13.4. The first-order valence-corrected chi connectivity index (χ1v) is 11.3. The van der Waals surface area contributed by atoms with Crippen molar-refractivity contribution >= 4 is 21.7 Å². The predicted octanol–water partition coefficient (Wildman–Crippen LogP) is 3.29. The van der Waals surface area contributed by atoms with E-state index in [-0.39, 0.29) is 5.92 Å². The van der Waals surface area contributed by atoms with Crippen molar-refractivity contribution in [3.63, 3.8) is 0 Å². The number of anilines is 2. The first-order valence-electron chi connectivity index (χ1n) is 9.86. The number of rotatable bonds is 7. The van der Waals surface area contributed by atoms with Crippen LogP contribution in [-0.2, 0) is 10.2 Å². The summed E-state index contributed by atoms with van der Waals surface area (Å²) in [5, 5.41) is 3.25. The number of pyridine rings is 2. The van der Waals surface area contributed by atoms with Gasteiger partial charge in [0.15, 0.2) is 0 Å². The highest BCUT2D eigenvalue weighted by Gasteiger charge is 2.33. The molecule has 3 heterocycles. The second kappa shape index (κ2) is 8.98. The van der Waals surface area contributed by atoms with Crippen molar-refractivity contribution in [1.82, 2.24) is 18.6 Å². The van der Waals surface area contributed by atoms with E-state index in [2.05, 4.69) is 15.3 Å². The minimum Gasteiger partial charge on any atom is -0.339 e. The van der Waals surface area contributed by atoms with E-state index in [4.69, 9.17) is 0 Å². The van der Waals surface area contributed by atoms with Crippen LogP contribution in [0.3, 0.4) is 0 Å². The quantitative estimate of drug-likeness (QED) is 0.767. The minimum atomic E-state index is -3.40. The fourth-order valence-corrected chi connectivity index (χ4v) is 5.30. The number of aromatic nitrogens is 2. The molecule has 2 aromatic heterocycles. The molecule has 1 N–H and O–H groups in total. The molecule has 1 atom stereocenters. The summed E-state index contributed by atoms with van der Waals surface area (Å²) in [5.74, 6) is 0.897. The molecule has 3 rings (SSSR count). The lowest BCUT2D eigenvalue weighted by atomic mass is 9.95. The molecule has 0 radical (unpaired) electrons. The van der Waals surface area contributed by atoms with E-state index < -0.39 is 10.2 Å². The molecular formula is C20H29N5O2S. The van der Waals surface area contributed by atoms with E-state index >= 15 is 0 Å². The van der Waals surface area contributed by atoms with Gasteiger partial charge in [-0.05, 0) is 44.0 Å². The Morgan fingerprint density at radius 1 is 1.21 bits per heavy atom. The Balaban J connectivity index is 1.69. The van der Waals surface area contributed by atoms with Crippen LogP contribution in [-0.4, -0.2) is 53.2 Å². The predicted molar refractivity (Wildman–Crippen MR) is 112 cm³/mol. The number of nitrogens with one attached hydrogen (secondary N) is 1. The molecule has 152 valence electrons. The Labute approximate surface area is 168 Å². The van der Waals surface area contributed by atoms with Gasteiger partial charge in [0, 0.05) is 43.5 Å². The molecule has 28 heavy (non-hydrogen) atoms. The Kier molecular flexibility index (Phi) is 6.64. The maximum Gasteiger partial charge on any atom is 0.281 e. The standard InChI is InChI=1S/C20H29N5O2S/c1-4-24(5-2)28(26,27)25-13-7-9-17(15-25)19-12-11-18(14-21-19)23-20-10-6-8-16(3)22-20/h6,8,10-12,14,17H,4-5,7,9,13,15H2,1-3H3,(H,22,23)/t17-/m1/s1. The van der Waals surface area contributed by atoms with Gasteiger partial charge in [-0.3, -0.25) is 4.98 Å². The van der Waals surface area contributed by atoms with Gasteiger partial charge in [-0.25, -0.2) is 4.98 Å². The van der Waals surface area contributed by atoms with Gasteiger partial charge in [0.2, 0.25) is 0 Å². The summed E-state index contributed by atoms with van der Waals surface area (Å²) in [7, 11) is -3.40. The second-order valence-electron chi connectivity index (χ2n) is 7.05. The number of aryl methyl sites for hydroxylation is 1. The van der Waals surface area contributed by atoms with E-state index in [1.807, 2.05) is 51.1 Å². The third-order valence-corrected chi connectivity index (χ3v) is 7.26. The van der Waals surface area contributed by atoms with Crippen LogP contribution in [0.4, 0.5) is 11.5 Å². The highest BCUT2D eigenvalue weighted by atomic mass is 32.2. The normalized spacial score (nSPS) is 18.4. The molecule has 7 nitrogen and oxygen atoms in total. The SMILES string of the molecule is CCN(CC)S(=O)(=O)N1CCC[C@@H](c2ccc(Nc3cccc(C)n3)cn2)C1. The van der Waals surface area contributed by atoms with E-state index in [0.29, 0.717) is 26.2 Å². The van der Waals surface area contributed by atoms with Crippen LogP contribution in [0.15, 0.2) is 36.5 Å². The Morgan fingerprint density at radius 2 is 2.00 bits per heavy atom. The summed E-state index contributed by atoms with van der Waals surface area (Å²) in [6.07, 6.45) is 3.58. The van der Waals surface area contributed by atoms with Crippen molar-refractivity contribution in [2.45, 2.75) is 39.5 Å². The molecule has 1 saturated heterocycles. The van der Waals surface area contributed by atoms with Crippen molar-refractivity contribution in [3.8, 4) is 0 Å². The fraction of sp³-hybridized carbons (Fsp3) is 0.500. The molecule has 0 bridgehead atoms. The minimum absolute atomic E-state index is 0.116. The van der Waals surface area contributed by atoms with Crippen LogP contribution < -0.4 is 5.32 Å². The Morgan fingerprint density at radius 3 is 2.64 bits per heavy atom. The van der Waals surface area contributed by atoms with E-state index in [1.54, 1.807) is 10.5 Å². The van der Waals surface area contributed by atoms with E-state index in [0.717, 1.165) is 35.7 Å². The lowest BCUT2D eigenvalue weighted by Gasteiger charge is -2.34. The van der Waals surface area contributed by atoms with Gasteiger partial charge < -0.3 is 5.32 Å². The molecule has 0 amide bonds. The molecule has 1 aliphatic heterocycles. The average molecular weight is 404 g/mol. The highest BCUT2D eigenvalue weighted by molar-refractivity contribution is 7.86. The van der Waals surface area contributed by atoms with Gasteiger partial charge in [0.25, 0.3) is 10.2 Å². The molecule has 1 aliphatic rings. The van der Waals surface area contributed by atoms with Crippen LogP contribution in [0.25, 0.3) is 0 Å². The molecule has 0 aromatic carbocycles. The Hall–Kier alpha value is -2.03. The topological polar surface area (TPSA) is 78.4 Å². The van der Waals surface area contributed by atoms with Crippen molar-refractivity contribution in [2.75, 3.05) is 31.5 Å². The highest BCUT2D eigenvalue weighted by Crippen LogP contribution is 2.28. The van der Waals surface area contributed by atoms with Crippen LogP contribution in [0, 0.1) is 6.92 Å². The van der Waals surface area contributed by atoms with Crippen molar-refractivity contribution < 1.29 is 8.42 Å². The van der Waals surface area contributed by atoms with E-state index in [1.165, 1.54) is 4.31 Å². The van der Waals surface area contributed by atoms with E-state index in [9.17, 15) is 8.42 Å². The fourth-order valence-electron chi connectivity index (χ4n) is 3.59. The number of hydrogen-bond donors (Lipinski definition) is 1. The third kappa shape index (κ3) is 4.68. The second-order valence-corrected chi connectivity index (χ2v) is 8.98. The third-order valence-electron chi connectivity index (χ3n) is 5.11. The van der Waals surface area contributed by atoms with Gasteiger partial charge >= 0.3 is 0 Å². The van der Waals surface area contributed by atoms with Crippen molar-refractivity contribution in [2.24, 2.45) is 0 Å². The summed E-state index contributed by atoms with van der Waals surface area (Å²) in [4.78, 5) is 9.03. The monoisotopic (exact) mass is 403 g/mol. The smallest absolute Gasteiger partial charge is 0.281 e. The number of nitrogens with zero attached hydrogens (tertiary/aromatic N) is 4. The van der Waals surface area contributed by atoms with Gasteiger partial charge in [-0.15, -0.1) is 0 Å². The molecule has 0 unspecified atom stereocenters. The molecule has 0 saturated carbocycles.